The van der Waals surface area contributed by atoms with E-state index in [9.17, 15) is 0 Å². The van der Waals surface area contributed by atoms with Gasteiger partial charge in [-0.2, -0.15) is 0 Å². The molecule has 0 unspecified atom stereocenters. The zero-order chi connectivity index (χ0) is 13.5. The SMILES string of the molecule is CC(C)CNCCCCN(Cc1cccs1)C1CC1. The molecule has 1 saturated carbocycles. The van der Waals surface area contributed by atoms with Crippen LogP contribution < -0.4 is 5.32 Å². The third-order valence-electron chi connectivity index (χ3n) is 3.60. The number of hydrogen-bond acceptors (Lipinski definition) is 3. The van der Waals surface area contributed by atoms with Gasteiger partial charge in [0, 0.05) is 17.5 Å². The van der Waals surface area contributed by atoms with E-state index in [2.05, 4.69) is 41.6 Å². The minimum absolute atomic E-state index is 0.766. The van der Waals surface area contributed by atoms with E-state index in [4.69, 9.17) is 0 Å². The Morgan fingerprint density at radius 3 is 2.84 bits per heavy atom. The van der Waals surface area contributed by atoms with E-state index in [1.54, 1.807) is 0 Å². The Hall–Kier alpha value is -0.380. The third-order valence-corrected chi connectivity index (χ3v) is 4.46. The van der Waals surface area contributed by atoms with Gasteiger partial charge in [-0.05, 0) is 62.7 Å². The highest BCUT2D eigenvalue weighted by atomic mass is 32.1. The Morgan fingerprint density at radius 2 is 2.21 bits per heavy atom. The molecule has 19 heavy (non-hydrogen) atoms. The molecule has 3 heteroatoms. The van der Waals surface area contributed by atoms with Crippen LogP contribution in [0.2, 0.25) is 0 Å². The van der Waals surface area contributed by atoms with Crippen molar-refractivity contribution < 1.29 is 0 Å². The van der Waals surface area contributed by atoms with Crippen LogP contribution in [0.3, 0.4) is 0 Å². The second kappa shape index (κ2) is 8.03. The van der Waals surface area contributed by atoms with E-state index in [-0.39, 0.29) is 0 Å². The lowest BCUT2D eigenvalue weighted by Gasteiger charge is -2.21. The van der Waals surface area contributed by atoms with Crippen LogP contribution in [0.25, 0.3) is 0 Å². The van der Waals surface area contributed by atoms with E-state index in [0.717, 1.165) is 18.5 Å². The Bertz CT molecular complexity index is 331. The average molecular weight is 280 g/mol. The summed E-state index contributed by atoms with van der Waals surface area (Å²) < 4.78 is 0. The molecule has 0 saturated heterocycles. The van der Waals surface area contributed by atoms with Crippen molar-refractivity contribution in [1.82, 2.24) is 10.2 Å². The molecular weight excluding hydrogens is 252 g/mol. The zero-order valence-electron chi connectivity index (χ0n) is 12.4. The second-order valence-electron chi connectivity index (χ2n) is 6.09. The van der Waals surface area contributed by atoms with Gasteiger partial charge < -0.3 is 5.32 Å². The van der Waals surface area contributed by atoms with Crippen LogP contribution in [0, 0.1) is 5.92 Å². The molecule has 1 heterocycles. The quantitative estimate of drug-likeness (QED) is 0.657. The van der Waals surface area contributed by atoms with E-state index >= 15 is 0 Å². The van der Waals surface area contributed by atoms with Crippen LogP contribution in [0.1, 0.15) is 44.4 Å². The second-order valence-corrected chi connectivity index (χ2v) is 7.12. The highest BCUT2D eigenvalue weighted by molar-refractivity contribution is 7.09. The minimum Gasteiger partial charge on any atom is -0.316 e. The summed E-state index contributed by atoms with van der Waals surface area (Å²) in [5.41, 5.74) is 0. The molecule has 0 aromatic carbocycles. The van der Waals surface area contributed by atoms with Crippen LogP contribution in [-0.4, -0.2) is 30.6 Å². The number of hydrogen-bond donors (Lipinski definition) is 1. The largest absolute Gasteiger partial charge is 0.316 e. The van der Waals surface area contributed by atoms with Gasteiger partial charge in [0.15, 0.2) is 0 Å². The Balaban J connectivity index is 1.59. The van der Waals surface area contributed by atoms with E-state index < -0.39 is 0 Å². The summed E-state index contributed by atoms with van der Waals surface area (Å²) >= 11 is 1.89. The summed E-state index contributed by atoms with van der Waals surface area (Å²) in [6.45, 7) is 9.30. The van der Waals surface area contributed by atoms with Crippen LogP contribution in [0.15, 0.2) is 17.5 Å². The van der Waals surface area contributed by atoms with Crippen molar-refractivity contribution in [2.24, 2.45) is 5.92 Å². The van der Waals surface area contributed by atoms with Crippen LogP contribution in [0.4, 0.5) is 0 Å². The van der Waals surface area contributed by atoms with Gasteiger partial charge in [0.25, 0.3) is 0 Å². The Labute approximate surface area is 122 Å². The molecule has 2 rings (SSSR count). The zero-order valence-corrected chi connectivity index (χ0v) is 13.2. The molecule has 0 amide bonds. The van der Waals surface area contributed by atoms with Crippen molar-refractivity contribution in [3.05, 3.63) is 22.4 Å². The van der Waals surface area contributed by atoms with Gasteiger partial charge in [-0.25, -0.2) is 0 Å². The summed E-state index contributed by atoms with van der Waals surface area (Å²) in [5, 5.41) is 5.72. The summed E-state index contributed by atoms with van der Waals surface area (Å²) in [5.74, 6) is 0.766. The molecular formula is C16H28N2S. The first kappa shape index (κ1) is 15.0. The number of nitrogens with zero attached hydrogens (tertiary/aromatic N) is 1. The normalized spacial score (nSPS) is 15.6. The third kappa shape index (κ3) is 6.07. The first-order valence-electron chi connectivity index (χ1n) is 7.73. The fraction of sp³-hybridized carbons (Fsp3) is 0.750. The van der Waals surface area contributed by atoms with Crippen molar-refractivity contribution in [2.45, 2.75) is 52.1 Å². The number of unbranched alkanes of at least 4 members (excludes halogenated alkanes) is 1. The Morgan fingerprint density at radius 1 is 1.37 bits per heavy atom. The molecule has 1 aliphatic rings. The molecule has 0 atom stereocenters. The van der Waals surface area contributed by atoms with Crippen LogP contribution in [-0.2, 0) is 6.54 Å². The maximum Gasteiger partial charge on any atom is 0.0330 e. The minimum atomic E-state index is 0.766. The summed E-state index contributed by atoms with van der Waals surface area (Å²) in [6.07, 6.45) is 5.46. The number of thiophene rings is 1. The van der Waals surface area contributed by atoms with Gasteiger partial charge in [0.2, 0.25) is 0 Å². The van der Waals surface area contributed by atoms with E-state index in [1.165, 1.54) is 50.2 Å². The van der Waals surface area contributed by atoms with E-state index in [1.807, 2.05) is 11.3 Å². The predicted octanol–water partition coefficient (Wildman–Crippen LogP) is 3.74. The lowest BCUT2D eigenvalue weighted by atomic mass is 10.2. The first-order valence-corrected chi connectivity index (χ1v) is 8.61. The van der Waals surface area contributed by atoms with E-state index in [0.29, 0.717) is 0 Å². The molecule has 1 aliphatic carbocycles. The molecule has 1 fully saturated rings. The molecule has 2 nitrogen and oxygen atoms in total. The lowest BCUT2D eigenvalue weighted by Crippen LogP contribution is -2.27. The number of nitrogens with one attached hydrogen (secondary N) is 1. The van der Waals surface area contributed by atoms with Gasteiger partial charge in [0.1, 0.15) is 0 Å². The van der Waals surface area contributed by atoms with Crippen LogP contribution in [0.5, 0.6) is 0 Å². The average Bonchev–Trinajstić information content (AvgIpc) is 3.10. The van der Waals surface area contributed by atoms with Crippen molar-refractivity contribution in [2.75, 3.05) is 19.6 Å². The lowest BCUT2D eigenvalue weighted by molar-refractivity contribution is 0.251. The number of rotatable bonds is 10. The van der Waals surface area contributed by atoms with Gasteiger partial charge in [-0.1, -0.05) is 19.9 Å². The first-order chi connectivity index (χ1) is 9.25. The molecule has 0 radical (unpaired) electrons. The predicted molar refractivity (Wildman–Crippen MR) is 84.7 cm³/mol. The topological polar surface area (TPSA) is 15.3 Å². The maximum absolute atomic E-state index is 3.53. The molecule has 108 valence electrons. The molecule has 1 aromatic rings. The standard InChI is InChI=1S/C16H28N2S/c1-14(2)12-17-9-3-4-10-18(15-7-8-15)13-16-6-5-11-19-16/h5-6,11,14-15,17H,3-4,7-10,12-13H2,1-2H3. The molecule has 0 aliphatic heterocycles. The Kier molecular flexibility index (Phi) is 6.35. The molecule has 1 N–H and O–H groups in total. The van der Waals surface area contributed by atoms with Crippen molar-refractivity contribution in [1.29, 1.82) is 0 Å². The fourth-order valence-corrected chi connectivity index (χ4v) is 3.12. The monoisotopic (exact) mass is 280 g/mol. The summed E-state index contributed by atoms with van der Waals surface area (Å²) in [6, 6.07) is 5.32. The van der Waals surface area contributed by atoms with Crippen molar-refractivity contribution >= 4 is 11.3 Å². The van der Waals surface area contributed by atoms with Gasteiger partial charge in [0.05, 0.1) is 0 Å². The highest BCUT2D eigenvalue weighted by Gasteiger charge is 2.28. The fourth-order valence-electron chi connectivity index (χ4n) is 2.39. The molecule has 0 spiro atoms. The smallest absolute Gasteiger partial charge is 0.0330 e. The summed E-state index contributed by atoms with van der Waals surface area (Å²) in [4.78, 5) is 4.21. The van der Waals surface area contributed by atoms with Gasteiger partial charge >= 0.3 is 0 Å². The van der Waals surface area contributed by atoms with Gasteiger partial charge in [-0.15, -0.1) is 11.3 Å². The maximum atomic E-state index is 3.53. The van der Waals surface area contributed by atoms with Crippen molar-refractivity contribution in [3.8, 4) is 0 Å². The van der Waals surface area contributed by atoms with Crippen LogP contribution >= 0.6 is 11.3 Å². The molecule has 1 aromatic heterocycles. The van der Waals surface area contributed by atoms with Gasteiger partial charge in [-0.3, -0.25) is 4.90 Å². The van der Waals surface area contributed by atoms with Crippen molar-refractivity contribution in [3.63, 3.8) is 0 Å². The highest BCUT2D eigenvalue weighted by Crippen LogP contribution is 2.29. The summed E-state index contributed by atoms with van der Waals surface area (Å²) in [7, 11) is 0. The molecule has 0 bridgehead atoms.